The highest BCUT2D eigenvalue weighted by Crippen LogP contribution is 2.45. The molecule has 488 valence electrons. The first kappa shape index (κ1) is 61.1. The Morgan fingerprint density at radius 2 is 0.500 bits per heavy atom. The highest BCUT2D eigenvalue weighted by molar-refractivity contribution is 6.17. The molecule has 20 aromatic rings. The number of fused-ring (bicyclic) bond motifs is 20. The van der Waals surface area contributed by atoms with Crippen molar-refractivity contribution in [3.8, 4) is 45.6 Å². The van der Waals surface area contributed by atoms with E-state index in [2.05, 4.69) is 76.2 Å². The molecule has 16 nitrogen and oxygen atoms in total. The quantitative estimate of drug-likeness (QED) is 0.153. The van der Waals surface area contributed by atoms with Crippen LogP contribution in [-0.2, 0) is 28.2 Å². The summed E-state index contributed by atoms with van der Waals surface area (Å²) in [4.78, 5) is 18.9. The van der Waals surface area contributed by atoms with E-state index in [9.17, 15) is 0 Å². The van der Waals surface area contributed by atoms with E-state index in [1.54, 1.807) is 0 Å². The van der Waals surface area contributed by atoms with Gasteiger partial charge in [0.15, 0.2) is 78.6 Å². The number of nitrogens with zero attached hydrogens (tertiary/aromatic N) is 8. The van der Waals surface area contributed by atoms with E-state index in [-0.39, 0.29) is 0 Å². The smallest absolute Gasteiger partial charge is 0.334 e. The van der Waals surface area contributed by atoms with Gasteiger partial charge in [-0.25, -0.2) is 18.3 Å². The van der Waals surface area contributed by atoms with Gasteiger partial charge in [-0.1, -0.05) is 60.7 Å². The molecule has 0 fully saturated rings. The molecule has 16 heteroatoms. The van der Waals surface area contributed by atoms with Crippen LogP contribution in [0.25, 0.3) is 178 Å². The predicted octanol–water partition coefficient (Wildman–Crippen LogP) is 19.3. The minimum Gasteiger partial charge on any atom is -0.452 e. The summed E-state index contributed by atoms with van der Waals surface area (Å²) in [6.07, 6.45) is 8.11. The van der Waals surface area contributed by atoms with Crippen molar-refractivity contribution in [3.63, 3.8) is 0 Å². The molecule has 0 aliphatic carbocycles. The van der Waals surface area contributed by atoms with Crippen molar-refractivity contribution in [3.05, 3.63) is 240 Å². The van der Waals surface area contributed by atoms with Crippen molar-refractivity contribution in [2.75, 3.05) is 0 Å². The third-order valence-corrected chi connectivity index (χ3v) is 18.9. The molecule has 12 heterocycles. The van der Waals surface area contributed by atoms with E-state index in [1.807, 2.05) is 220 Å². The van der Waals surface area contributed by atoms with Gasteiger partial charge < -0.3 is 35.3 Å². The van der Waals surface area contributed by atoms with Crippen LogP contribution in [0.1, 0.15) is 45.0 Å². The third kappa shape index (κ3) is 10.1. The number of benzene rings is 8. The summed E-state index contributed by atoms with van der Waals surface area (Å²) in [5.41, 5.74) is 25.8. The normalized spacial score (nSPS) is 11.8. The second-order valence-corrected chi connectivity index (χ2v) is 26.0. The highest BCUT2D eigenvalue weighted by atomic mass is 16.4. The van der Waals surface area contributed by atoms with Crippen LogP contribution in [0.2, 0.25) is 0 Å². The average Bonchev–Trinajstić information content (AvgIpc) is 1.60. The van der Waals surface area contributed by atoms with E-state index in [0.717, 1.165) is 223 Å². The molecule has 0 saturated heterocycles. The van der Waals surface area contributed by atoms with Crippen molar-refractivity contribution < 1.29 is 53.6 Å². The lowest BCUT2D eigenvalue weighted by Crippen LogP contribution is -2.32. The first-order valence-electron chi connectivity index (χ1n) is 33.2. The number of rotatable bonds is 4. The van der Waals surface area contributed by atoms with Gasteiger partial charge in [0, 0.05) is 52.0 Å². The number of aromatic nitrogens is 8. The van der Waals surface area contributed by atoms with Crippen LogP contribution in [-0.4, -0.2) is 19.9 Å². The Bertz CT molecular complexity index is 6320. The Morgan fingerprint density at radius 1 is 0.230 bits per heavy atom. The van der Waals surface area contributed by atoms with Crippen LogP contribution in [0.4, 0.5) is 0 Å². The number of hydrogen-bond donors (Lipinski definition) is 0. The van der Waals surface area contributed by atoms with Gasteiger partial charge in [-0.15, -0.1) is 0 Å². The van der Waals surface area contributed by atoms with Crippen molar-refractivity contribution in [1.82, 2.24) is 19.9 Å². The van der Waals surface area contributed by atoms with E-state index in [4.69, 9.17) is 55.3 Å². The average molecular weight is 1320 g/mol. The van der Waals surface area contributed by atoms with Crippen LogP contribution in [0.15, 0.2) is 230 Å². The van der Waals surface area contributed by atoms with Gasteiger partial charge in [-0.2, -0.15) is 0 Å². The van der Waals surface area contributed by atoms with E-state index in [0.29, 0.717) is 0 Å². The Hall–Kier alpha value is -12.6. The number of para-hydroxylation sites is 4. The van der Waals surface area contributed by atoms with Gasteiger partial charge in [0.25, 0.3) is 0 Å². The molecule has 0 N–H and O–H groups in total. The molecule has 20 rings (SSSR count). The molecule has 0 aliphatic heterocycles. The van der Waals surface area contributed by atoms with Crippen molar-refractivity contribution in [1.29, 1.82) is 0 Å². The molecular formula is C84H68N8O8+4. The van der Waals surface area contributed by atoms with Gasteiger partial charge in [0.2, 0.25) is 0 Å². The lowest BCUT2D eigenvalue weighted by molar-refractivity contribution is -0.663. The van der Waals surface area contributed by atoms with Crippen molar-refractivity contribution >= 4 is 132 Å². The van der Waals surface area contributed by atoms with Gasteiger partial charge in [-0.3, -0.25) is 0 Å². The summed E-state index contributed by atoms with van der Waals surface area (Å²) in [6.45, 7) is 16.4. The molecule has 8 aromatic carbocycles. The Kier molecular flexibility index (Phi) is 14.4. The summed E-state index contributed by atoms with van der Waals surface area (Å²) in [7, 11) is 8.02. The molecule has 0 aliphatic rings. The second kappa shape index (κ2) is 23.6. The van der Waals surface area contributed by atoms with Crippen LogP contribution >= 0.6 is 0 Å². The lowest BCUT2D eigenvalue weighted by Gasteiger charge is -2.04. The van der Waals surface area contributed by atoms with Crippen molar-refractivity contribution in [2.45, 2.75) is 55.4 Å². The summed E-state index contributed by atoms with van der Waals surface area (Å²) >= 11 is 0. The molecule has 0 spiro atoms. The monoisotopic (exact) mass is 1320 g/mol. The molecule has 100 heavy (non-hydrogen) atoms. The van der Waals surface area contributed by atoms with E-state index in [1.165, 1.54) is 0 Å². The Balaban J connectivity index is 0.0000000997. The first-order chi connectivity index (χ1) is 48.5. The van der Waals surface area contributed by atoms with Crippen LogP contribution in [0.5, 0.6) is 0 Å². The zero-order valence-corrected chi connectivity index (χ0v) is 57.3. The number of hydrogen-bond acceptors (Lipinski definition) is 12. The molecule has 0 bridgehead atoms. The maximum atomic E-state index is 6.32. The zero-order chi connectivity index (χ0) is 68.5. The van der Waals surface area contributed by atoms with Crippen LogP contribution < -0.4 is 18.3 Å². The first-order valence-corrected chi connectivity index (χ1v) is 33.2. The van der Waals surface area contributed by atoms with Gasteiger partial charge in [0.1, 0.15) is 44.6 Å². The highest BCUT2D eigenvalue weighted by Gasteiger charge is 2.29. The fraction of sp³-hybridized carbons (Fsp3) is 0.143. The summed E-state index contributed by atoms with van der Waals surface area (Å²) < 4.78 is 57.3. The number of furan rings is 8. The second-order valence-electron chi connectivity index (χ2n) is 26.0. The minimum absolute atomic E-state index is 0.799. The third-order valence-electron chi connectivity index (χ3n) is 18.9. The SMILES string of the molecule is Cc1cc[n+](C)c(-c2c(C)ccc3c2oc2c4ccccc4oc32)n1.Cc1cc[n+](C)c(-c2c(C)ccc3c2oc2c4ccccc4oc32)n1.Cc1cc[n+](C)c(-c2cc3oc4c5ccccc5oc4c3cc2C)n1.Cc1cc[n+](C)c(-c2cc3oc4c5ccccc5oc4c3cc2C)n1. The van der Waals surface area contributed by atoms with E-state index < -0.39 is 0 Å². The van der Waals surface area contributed by atoms with Gasteiger partial charge >= 0.3 is 23.3 Å². The topological polar surface area (TPSA) is 172 Å². The Morgan fingerprint density at radius 3 is 0.840 bits per heavy atom. The van der Waals surface area contributed by atoms with Gasteiger partial charge in [-0.05, 0) is 155 Å². The summed E-state index contributed by atoms with van der Waals surface area (Å²) in [5, 5.41) is 7.98. The fourth-order valence-corrected chi connectivity index (χ4v) is 13.8. The number of aryl methyl sites for hydroxylation is 12. The molecule has 12 aromatic heterocycles. The van der Waals surface area contributed by atoms with Crippen LogP contribution in [0, 0.1) is 55.4 Å². The molecule has 0 saturated carbocycles. The maximum Gasteiger partial charge on any atom is 0.334 e. The summed E-state index contributed by atoms with van der Waals surface area (Å²) in [6, 6.07) is 56.6. The summed E-state index contributed by atoms with van der Waals surface area (Å²) in [5.74, 6) is 3.64. The molecule has 0 radical (unpaired) electrons. The predicted molar refractivity (Wildman–Crippen MR) is 389 cm³/mol. The lowest BCUT2D eigenvalue weighted by atomic mass is 10.0. The standard InChI is InChI=1S/4C21H17N2O2/c2*1-12-10-16-18(11-15(12)21-22-13(2)8-9-23(21)3)25-19-14-6-4-5-7-17(14)24-20(16)19;2*1-12-8-9-15-18(17(12)21-22-13(2)10-11-23(21)3)25-19-14-6-4-5-7-16(14)24-20(15)19/h4*4-11H,1-3H3/q4*+1. The Labute approximate surface area is 571 Å². The van der Waals surface area contributed by atoms with Crippen LogP contribution in [0.3, 0.4) is 0 Å². The van der Waals surface area contributed by atoms with Crippen molar-refractivity contribution in [2.24, 2.45) is 28.2 Å². The zero-order valence-electron chi connectivity index (χ0n) is 57.3. The largest absolute Gasteiger partial charge is 0.452 e. The van der Waals surface area contributed by atoms with Gasteiger partial charge in [0.05, 0.1) is 107 Å². The minimum atomic E-state index is 0.799. The van der Waals surface area contributed by atoms with E-state index >= 15 is 0 Å². The molecule has 0 amide bonds. The molecular weight excluding hydrogens is 1250 g/mol. The molecule has 0 unspecified atom stereocenters. The maximum absolute atomic E-state index is 6.32. The fourth-order valence-electron chi connectivity index (χ4n) is 13.8. The molecule has 0 atom stereocenters.